The molecule has 0 unspecified atom stereocenters. The van der Waals surface area contributed by atoms with E-state index in [9.17, 15) is 13.2 Å². The Labute approximate surface area is 145 Å². The van der Waals surface area contributed by atoms with E-state index in [1.807, 2.05) is 6.92 Å². The number of hydrogen-bond donors (Lipinski definition) is 2. The van der Waals surface area contributed by atoms with Crippen molar-refractivity contribution in [1.29, 1.82) is 0 Å². The quantitative estimate of drug-likeness (QED) is 0.315. The van der Waals surface area contributed by atoms with Gasteiger partial charge < -0.3 is 15.4 Å². The summed E-state index contributed by atoms with van der Waals surface area (Å²) in [4.78, 5) is 3.99. The molecule has 0 aliphatic heterocycles. The molecular formula is C14H21F3IN3O. The zero-order valence-corrected chi connectivity index (χ0v) is 14.9. The Kier molecular flexibility index (Phi) is 9.95. The van der Waals surface area contributed by atoms with E-state index < -0.39 is 11.7 Å². The lowest BCUT2D eigenvalue weighted by Gasteiger charge is -2.15. The minimum absolute atomic E-state index is 0. The molecule has 0 bridgehead atoms. The van der Waals surface area contributed by atoms with Crippen LogP contribution in [-0.4, -0.2) is 32.7 Å². The highest BCUT2D eigenvalue weighted by atomic mass is 127. The fraction of sp³-hybridized carbons (Fsp3) is 0.500. The van der Waals surface area contributed by atoms with E-state index in [0.717, 1.165) is 19.0 Å². The molecule has 4 nitrogen and oxygen atoms in total. The fourth-order valence-corrected chi connectivity index (χ4v) is 1.62. The van der Waals surface area contributed by atoms with Crippen LogP contribution in [0.15, 0.2) is 29.3 Å². The molecule has 0 aromatic heterocycles. The lowest BCUT2D eigenvalue weighted by atomic mass is 10.2. The van der Waals surface area contributed by atoms with Crippen molar-refractivity contribution in [3.8, 4) is 5.75 Å². The van der Waals surface area contributed by atoms with Gasteiger partial charge in [0, 0.05) is 13.6 Å². The minimum Gasteiger partial charge on any atom is -0.491 e. The summed E-state index contributed by atoms with van der Waals surface area (Å²) in [6.45, 7) is 3.27. The third-order valence-electron chi connectivity index (χ3n) is 2.61. The van der Waals surface area contributed by atoms with Crippen LogP contribution >= 0.6 is 24.0 Å². The van der Waals surface area contributed by atoms with E-state index in [4.69, 9.17) is 4.74 Å². The van der Waals surface area contributed by atoms with Gasteiger partial charge in [-0.1, -0.05) is 19.1 Å². The number of halogens is 4. The van der Waals surface area contributed by atoms with Gasteiger partial charge in [-0.2, -0.15) is 13.2 Å². The predicted molar refractivity (Wildman–Crippen MR) is 92.0 cm³/mol. The molecule has 0 saturated heterocycles. The number of nitrogens with zero attached hydrogens (tertiary/aromatic N) is 1. The van der Waals surface area contributed by atoms with Gasteiger partial charge in [0.1, 0.15) is 12.4 Å². The molecule has 2 N–H and O–H groups in total. The van der Waals surface area contributed by atoms with Gasteiger partial charge in [-0.25, -0.2) is 0 Å². The maximum Gasteiger partial charge on any atom is 0.419 e. The Hall–Kier alpha value is -1.19. The van der Waals surface area contributed by atoms with Crippen LogP contribution in [0.1, 0.15) is 18.9 Å². The van der Waals surface area contributed by atoms with Gasteiger partial charge in [-0.05, 0) is 18.6 Å². The molecule has 0 atom stereocenters. The van der Waals surface area contributed by atoms with Crippen LogP contribution in [-0.2, 0) is 6.18 Å². The molecule has 0 saturated carbocycles. The number of aliphatic imine (C=N–C) groups is 1. The van der Waals surface area contributed by atoms with E-state index in [0.29, 0.717) is 12.5 Å². The minimum atomic E-state index is -4.41. The zero-order valence-electron chi connectivity index (χ0n) is 12.5. The van der Waals surface area contributed by atoms with Crippen LogP contribution in [0, 0.1) is 0 Å². The highest BCUT2D eigenvalue weighted by Gasteiger charge is 2.33. The average molecular weight is 431 g/mol. The average Bonchev–Trinajstić information content (AvgIpc) is 2.46. The van der Waals surface area contributed by atoms with Crippen LogP contribution in [0.2, 0.25) is 0 Å². The summed E-state index contributed by atoms with van der Waals surface area (Å²) in [6, 6.07) is 5.17. The first kappa shape index (κ1) is 20.8. The van der Waals surface area contributed by atoms with Crippen molar-refractivity contribution in [2.24, 2.45) is 4.99 Å². The first-order valence-electron chi connectivity index (χ1n) is 6.72. The standard InChI is InChI=1S/C14H20F3N3O.HI/c1-3-8-19-13(18-2)20-9-10-21-12-7-5-4-6-11(12)14(15,16)17;/h4-7H,3,8-10H2,1-2H3,(H2,18,19,20);1H. The Morgan fingerprint density at radius 2 is 1.82 bits per heavy atom. The number of nitrogens with one attached hydrogen (secondary N) is 2. The molecule has 22 heavy (non-hydrogen) atoms. The van der Waals surface area contributed by atoms with Gasteiger partial charge in [0.05, 0.1) is 12.1 Å². The van der Waals surface area contributed by atoms with Crippen LogP contribution in [0.25, 0.3) is 0 Å². The molecule has 0 aliphatic rings. The van der Waals surface area contributed by atoms with Crippen LogP contribution in [0.5, 0.6) is 5.75 Å². The number of guanidine groups is 1. The molecule has 1 aromatic carbocycles. The number of hydrogen-bond acceptors (Lipinski definition) is 2. The van der Waals surface area contributed by atoms with Crippen molar-refractivity contribution in [1.82, 2.24) is 10.6 Å². The maximum atomic E-state index is 12.8. The first-order valence-corrected chi connectivity index (χ1v) is 6.72. The van der Waals surface area contributed by atoms with Crippen molar-refractivity contribution >= 4 is 29.9 Å². The van der Waals surface area contributed by atoms with Crippen molar-refractivity contribution in [3.05, 3.63) is 29.8 Å². The van der Waals surface area contributed by atoms with E-state index in [-0.39, 0.29) is 36.3 Å². The molecule has 0 fully saturated rings. The van der Waals surface area contributed by atoms with Crippen molar-refractivity contribution in [3.63, 3.8) is 0 Å². The Bertz CT molecular complexity index is 467. The molecule has 0 heterocycles. The molecular weight excluding hydrogens is 410 g/mol. The largest absolute Gasteiger partial charge is 0.491 e. The van der Waals surface area contributed by atoms with E-state index >= 15 is 0 Å². The maximum absolute atomic E-state index is 12.8. The zero-order chi connectivity index (χ0) is 15.7. The second kappa shape index (κ2) is 10.5. The van der Waals surface area contributed by atoms with Gasteiger partial charge in [-0.3, -0.25) is 4.99 Å². The molecule has 0 aliphatic carbocycles. The van der Waals surface area contributed by atoms with Crippen molar-refractivity contribution in [2.75, 3.05) is 26.7 Å². The van der Waals surface area contributed by atoms with Gasteiger partial charge in [0.15, 0.2) is 5.96 Å². The first-order chi connectivity index (χ1) is 9.99. The lowest BCUT2D eigenvalue weighted by Crippen LogP contribution is -2.39. The summed E-state index contributed by atoms with van der Waals surface area (Å²) in [7, 11) is 1.63. The van der Waals surface area contributed by atoms with E-state index in [1.54, 1.807) is 7.05 Å². The summed E-state index contributed by atoms with van der Waals surface area (Å²) >= 11 is 0. The summed E-state index contributed by atoms with van der Waals surface area (Å²) in [5, 5.41) is 6.02. The van der Waals surface area contributed by atoms with Gasteiger partial charge in [0.25, 0.3) is 0 Å². The SMILES string of the molecule is CCCNC(=NC)NCCOc1ccccc1C(F)(F)F.I. The van der Waals surface area contributed by atoms with Crippen molar-refractivity contribution < 1.29 is 17.9 Å². The van der Waals surface area contributed by atoms with Crippen LogP contribution in [0.3, 0.4) is 0 Å². The summed E-state index contributed by atoms with van der Waals surface area (Å²) in [6.07, 6.45) is -3.46. The molecule has 1 aromatic rings. The number of benzene rings is 1. The lowest BCUT2D eigenvalue weighted by molar-refractivity contribution is -0.138. The van der Waals surface area contributed by atoms with Crippen molar-refractivity contribution in [2.45, 2.75) is 19.5 Å². The van der Waals surface area contributed by atoms with Crippen LogP contribution in [0.4, 0.5) is 13.2 Å². The second-order valence-electron chi connectivity index (χ2n) is 4.27. The topological polar surface area (TPSA) is 45.7 Å². The Balaban J connectivity index is 0.00000441. The van der Waals surface area contributed by atoms with Crippen LogP contribution < -0.4 is 15.4 Å². The van der Waals surface area contributed by atoms with Gasteiger partial charge >= 0.3 is 6.18 Å². The Morgan fingerprint density at radius 3 is 2.41 bits per heavy atom. The van der Waals surface area contributed by atoms with E-state index in [1.165, 1.54) is 18.2 Å². The van der Waals surface area contributed by atoms with E-state index in [2.05, 4.69) is 15.6 Å². The smallest absolute Gasteiger partial charge is 0.419 e. The molecule has 0 amide bonds. The summed E-state index contributed by atoms with van der Waals surface area (Å²) in [5.41, 5.74) is -0.765. The summed E-state index contributed by atoms with van der Waals surface area (Å²) in [5.74, 6) is 0.438. The molecule has 1 rings (SSSR count). The normalized spacial score (nSPS) is 11.6. The number of rotatable bonds is 6. The monoisotopic (exact) mass is 431 g/mol. The highest BCUT2D eigenvalue weighted by molar-refractivity contribution is 14.0. The molecule has 0 radical (unpaired) electrons. The predicted octanol–water partition coefficient (Wildman–Crippen LogP) is 3.28. The molecule has 0 spiro atoms. The highest BCUT2D eigenvalue weighted by Crippen LogP contribution is 2.35. The Morgan fingerprint density at radius 1 is 1.18 bits per heavy atom. The van der Waals surface area contributed by atoms with Gasteiger partial charge in [-0.15, -0.1) is 24.0 Å². The fourth-order valence-electron chi connectivity index (χ4n) is 1.62. The third-order valence-corrected chi connectivity index (χ3v) is 2.61. The summed E-state index contributed by atoms with van der Waals surface area (Å²) < 4.78 is 43.5. The second-order valence-corrected chi connectivity index (χ2v) is 4.27. The number of alkyl halides is 3. The van der Waals surface area contributed by atoms with Gasteiger partial charge in [0.2, 0.25) is 0 Å². The molecule has 126 valence electrons. The number of ether oxygens (including phenoxy) is 1. The molecule has 8 heteroatoms. The number of para-hydroxylation sites is 1. The third kappa shape index (κ3) is 7.19.